The fourth-order valence-electron chi connectivity index (χ4n) is 2.18. The van der Waals surface area contributed by atoms with Crippen molar-refractivity contribution in [2.45, 2.75) is 11.5 Å². The summed E-state index contributed by atoms with van der Waals surface area (Å²) in [7, 11) is -3.52. The van der Waals surface area contributed by atoms with Crippen LogP contribution in [-0.2, 0) is 21.3 Å². The van der Waals surface area contributed by atoms with Gasteiger partial charge in [0.1, 0.15) is 17.9 Å². The predicted molar refractivity (Wildman–Crippen MR) is 81.9 cm³/mol. The van der Waals surface area contributed by atoms with Crippen molar-refractivity contribution in [3.8, 4) is 5.69 Å². The van der Waals surface area contributed by atoms with Gasteiger partial charge in [0.05, 0.1) is 11.4 Å². The van der Waals surface area contributed by atoms with Crippen molar-refractivity contribution in [2.24, 2.45) is 0 Å². The Kier molecular flexibility index (Phi) is 4.16. The molecule has 0 aliphatic heterocycles. The number of halogens is 1. The predicted octanol–water partition coefficient (Wildman–Crippen LogP) is 1.92. The summed E-state index contributed by atoms with van der Waals surface area (Å²) in [6, 6.07) is 11.7. The van der Waals surface area contributed by atoms with E-state index in [1.54, 1.807) is 0 Å². The van der Waals surface area contributed by atoms with Crippen LogP contribution in [0.4, 0.5) is 4.39 Å². The van der Waals surface area contributed by atoms with Crippen LogP contribution in [0.3, 0.4) is 0 Å². The highest BCUT2D eigenvalue weighted by atomic mass is 32.2. The summed E-state index contributed by atoms with van der Waals surface area (Å²) in [5.41, 5.74) is 1.08. The summed E-state index contributed by atoms with van der Waals surface area (Å²) in [5.74, 6) is -0.962. The Balaban J connectivity index is 1.83. The van der Waals surface area contributed by atoms with Crippen molar-refractivity contribution in [2.75, 3.05) is 0 Å². The van der Waals surface area contributed by atoms with Crippen LogP contribution < -0.4 is 0 Å². The molecule has 2 heterocycles. The van der Waals surface area contributed by atoms with E-state index in [0.29, 0.717) is 11.4 Å². The first-order valence-electron chi connectivity index (χ1n) is 6.79. The summed E-state index contributed by atoms with van der Waals surface area (Å²) in [6.45, 7) is 0. The highest BCUT2D eigenvalue weighted by molar-refractivity contribution is 7.89. The number of pyridine rings is 1. The monoisotopic (exact) mass is 332 g/mol. The third-order valence-corrected chi connectivity index (χ3v) is 4.62. The fraction of sp³-hybridized carbons (Fsp3) is 0.133. The molecule has 0 unspecified atom stereocenters. The van der Waals surface area contributed by atoms with Gasteiger partial charge in [-0.2, -0.15) is 9.49 Å². The van der Waals surface area contributed by atoms with E-state index < -0.39 is 15.8 Å². The summed E-state index contributed by atoms with van der Waals surface area (Å²) in [6.07, 6.45) is 2.55. The van der Waals surface area contributed by atoms with Gasteiger partial charge in [-0.05, 0) is 29.8 Å². The largest absolute Gasteiger partial charge is 0.228 e. The molecule has 1 aromatic carbocycles. The first-order chi connectivity index (χ1) is 11.0. The zero-order chi connectivity index (χ0) is 16.3. The van der Waals surface area contributed by atoms with Gasteiger partial charge in [-0.25, -0.2) is 23.1 Å². The molecule has 0 atom stereocenters. The van der Waals surface area contributed by atoms with Crippen molar-refractivity contribution in [1.82, 2.24) is 19.7 Å². The molecule has 0 radical (unpaired) electrons. The van der Waals surface area contributed by atoms with Gasteiger partial charge in [-0.3, -0.25) is 0 Å². The van der Waals surface area contributed by atoms with E-state index in [4.69, 9.17) is 0 Å². The highest BCUT2D eigenvalue weighted by Crippen LogP contribution is 2.14. The van der Waals surface area contributed by atoms with Crippen LogP contribution in [0.2, 0.25) is 0 Å². The molecule has 2 aromatic heterocycles. The van der Waals surface area contributed by atoms with Gasteiger partial charge in [-0.15, -0.1) is 0 Å². The number of para-hydroxylation sites is 1. The maximum Gasteiger partial charge on any atom is 0.213 e. The Morgan fingerprint density at radius 2 is 1.83 bits per heavy atom. The summed E-state index contributed by atoms with van der Waals surface area (Å²) in [5, 5.41) is 4.06. The SMILES string of the molecule is O=S(=O)(Cc1ccnc(F)c1)Cc1ncnn1-c1ccccc1. The van der Waals surface area contributed by atoms with Gasteiger partial charge < -0.3 is 0 Å². The third-order valence-electron chi connectivity index (χ3n) is 3.15. The number of hydrogen-bond acceptors (Lipinski definition) is 5. The van der Waals surface area contributed by atoms with E-state index >= 15 is 0 Å². The van der Waals surface area contributed by atoms with Gasteiger partial charge in [-0.1, -0.05) is 18.2 Å². The van der Waals surface area contributed by atoms with Gasteiger partial charge >= 0.3 is 0 Å². The summed E-state index contributed by atoms with van der Waals surface area (Å²) in [4.78, 5) is 7.43. The summed E-state index contributed by atoms with van der Waals surface area (Å²) < 4.78 is 39.2. The average Bonchev–Trinajstić information content (AvgIpc) is 2.95. The summed E-state index contributed by atoms with van der Waals surface area (Å²) >= 11 is 0. The molecule has 0 bridgehead atoms. The lowest BCUT2D eigenvalue weighted by Crippen LogP contribution is -2.13. The number of aromatic nitrogens is 4. The zero-order valence-corrected chi connectivity index (χ0v) is 12.8. The Bertz CT molecular complexity index is 910. The normalized spacial score (nSPS) is 11.5. The molecule has 0 aliphatic rings. The van der Waals surface area contributed by atoms with Crippen LogP contribution in [0.5, 0.6) is 0 Å². The van der Waals surface area contributed by atoms with Crippen LogP contribution in [0.15, 0.2) is 55.0 Å². The van der Waals surface area contributed by atoms with E-state index in [-0.39, 0.29) is 11.5 Å². The van der Waals surface area contributed by atoms with Crippen molar-refractivity contribution in [1.29, 1.82) is 0 Å². The van der Waals surface area contributed by atoms with E-state index in [2.05, 4.69) is 15.1 Å². The second-order valence-electron chi connectivity index (χ2n) is 4.94. The first kappa shape index (κ1) is 15.3. The highest BCUT2D eigenvalue weighted by Gasteiger charge is 2.18. The molecule has 0 spiro atoms. The molecule has 0 amide bonds. The minimum absolute atomic E-state index is 0.284. The second-order valence-corrected chi connectivity index (χ2v) is 7.01. The number of sulfone groups is 1. The molecule has 3 aromatic rings. The second kappa shape index (κ2) is 6.25. The zero-order valence-electron chi connectivity index (χ0n) is 12.0. The molecule has 0 saturated heterocycles. The Labute approximate surface area is 132 Å². The van der Waals surface area contributed by atoms with Gasteiger partial charge in [0.25, 0.3) is 0 Å². The average molecular weight is 332 g/mol. The molecule has 0 saturated carbocycles. The molecule has 0 fully saturated rings. The number of benzene rings is 1. The molecular formula is C15H13FN4O2S. The minimum atomic E-state index is -3.52. The van der Waals surface area contributed by atoms with Crippen LogP contribution in [0.25, 0.3) is 5.69 Å². The maximum atomic E-state index is 13.1. The Morgan fingerprint density at radius 1 is 1.04 bits per heavy atom. The number of hydrogen-bond donors (Lipinski definition) is 0. The van der Waals surface area contributed by atoms with Crippen molar-refractivity contribution in [3.63, 3.8) is 0 Å². The van der Waals surface area contributed by atoms with Crippen molar-refractivity contribution in [3.05, 3.63) is 72.3 Å². The third kappa shape index (κ3) is 3.78. The molecular weight excluding hydrogens is 319 g/mol. The molecule has 118 valence electrons. The maximum absolute atomic E-state index is 13.1. The number of rotatable bonds is 5. The lowest BCUT2D eigenvalue weighted by atomic mass is 10.3. The lowest BCUT2D eigenvalue weighted by Gasteiger charge is -2.07. The van der Waals surface area contributed by atoms with Gasteiger partial charge in [0.2, 0.25) is 5.95 Å². The molecule has 0 aliphatic carbocycles. The first-order valence-corrected chi connectivity index (χ1v) is 8.61. The van der Waals surface area contributed by atoms with E-state index in [1.165, 1.54) is 23.3 Å². The van der Waals surface area contributed by atoms with Crippen molar-refractivity contribution < 1.29 is 12.8 Å². The van der Waals surface area contributed by atoms with Crippen molar-refractivity contribution >= 4 is 9.84 Å². The van der Waals surface area contributed by atoms with Gasteiger partial charge in [0.15, 0.2) is 9.84 Å². The molecule has 23 heavy (non-hydrogen) atoms. The molecule has 8 heteroatoms. The topological polar surface area (TPSA) is 77.7 Å². The Morgan fingerprint density at radius 3 is 2.57 bits per heavy atom. The van der Waals surface area contributed by atoms with Crippen LogP contribution in [0, 0.1) is 5.95 Å². The van der Waals surface area contributed by atoms with Gasteiger partial charge in [0, 0.05) is 6.20 Å². The minimum Gasteiger partial charge on any atom is -0.228 e. The van der Waals surface area contributed by atoms with Crippen LogP contribution >= 0.6 is 0 Å². The lowest BCUT2D eigenvalue weighted by molar-refractivity contribution is 0.580. The van der Waals surface area contributed by atoms with E-state index in [9.17, 15) is 12.8 Å². The molecule has 6 nitrogen and oxygen atoms in total. The smallest absolute Gasteiger partial charge is 0.213 e. The van der Waals surface area contributed by atoms with Crippen LogP contribution in [-0.4, -0.2) is 28.2 Å². The fourth-order valence-corrected chi connectivity index (χ4v) is 3.56. The standard InChI is InChI=1S/C15H13FN4O2S/c16-14-8-12(6-7-17-14)9-23(21,22)10-15-18-11-19-20(15)13-4-2-1-3-5-13/h1-8,11H,9-10H2. The van der Waals surface area contributed by atoms with Crippen LogP contribution in [0.1, 0.15) is 11.4 Å². The number of nitrogens with zero attached hydrogens (tertiary/aromatic N) is 4. The molecule has 0 N–H and O–H groups in total. The molecule has 3 rings (SSSR count). The van der Waals surface area contributed by atoms with E-state index in [1.807, 2.05) is 30.3 Å². The van der Waals surface area contributed by atoms with E-state index in [0.717, 1.165) is 11.8 Å². The quantitative estimate of drug-likeness (QED) is 0.667. The Hall–Kier alpha value is -2.61.